The zero-order valence-corrected chi connectivity index (χ0v) is 17.9. The quantitative estimate of drug-likeness (QED) is 0.394. The van der Waals surface area contributed by atoms with Crippen LogP contribution < -0.4 is 5.56 Å². The first kappa shape index (κ1) is 19.4. The van der Waals surface area contributed by atoms with Crippen molar-refractivity contribution in [1.82, 2.24) is 14.1 Å². The number of rotatable bonds is 6. The number of halogens is 1. The second kappa shape index (κ2) is 6.73. The van der Waals surface area contributed by atoms with Crippen LogP contribution in [0.15, 0.2) is 20.6 Å². The van der Waals surface area contributed by atoms with Crippen LogP contribution in [-0.4, -0.2) is 43.5 Å². The molecule has 7 nitrogen and oxygen atoms in total. The summed E-state index contributed by atoms with van der Waals surface area (Å²) < 4.78 is 32.7. The number of hydrogen-bond donors (Lipinski definition) is 0. The molecule has 0 saturated carbocycles. The third-order valence-electron chi connectivity index (χ3n) is 3.57. The van der Waals surface area contributed by atoms with Crippen molar-refractivity contribution in [1.29, 1.82) is 0 Å². The first-order valence-corrected chi connectivity index (χ1v) is 13.8. The summed E-state index contributed by atoms with van der Waals surface area (Å²) in [6, 6.07) is 1.02. The molecular formula is C14H22BrN3O4SSi. The molecular weight excluding hydrogens is 414 g/mol. The van der Waals surface area contributed by atoms with Gasteiger partial charge in [0.1, 0.15) is 6.73 Å². The highest BCUT2D eigenvalue weighted by atomic mass is 79.9. The Bertz CT molecular complexity index is 928. The van der Waals surface area contributed by atoms with E-state index < -0.39 is 23.5 Å². The van der Waals surface area contributed by atoms with E-state index in [1.807, 2.05) is 0 Å². The van der Waals surface area contributed by atoms with Crippen LogP contribution in [0.2, 0.25) is 25.7 Å². The maximum Gasteiger partial charge on any atom is 0.264 e. The van der Waals surface area contributed by atoms with E-state index in [4.69, 9.17) is 4.74 Å². The highest BCUT2D eigenvalue weighted by Gasteiger charge is 2.21. The van der Waals surface area contributed by atoms with Gasteiger partial charge in [0.2, 0.25) is 15.0 Å². The lowest BCUT2D eigenvalue weighted by molar-refractivity contribution is 0.0897. The SMILES string of the molecule is Cn1c(S(C)(=O)=O)nc2c(c(Br)cn2COCC[Si](C)(C)C)c1=O. The van der Waals surface area contributed by atoms with Crippen LogP contribution in [0.25, 0.3) is 11.0 Å². The molecule has 0 fully saturated rings. The van der Waals surface area contributed by atoms with Gasteiger partial charge in [-0.15, -0.1) is 0 Å². The number of fused-ring (bicyclic) bond motifs is 1. The minimum absolute atomic E-state index is 0.218. The highest BCUT2D eigenvalue weighted by Crippen LogP contribution is 2.23. The average molecular weight is 436 g/mol. The Morgan fingerprint density at radius 3 is 2.50 bits per heavy atom. The van der Waals surface area contributed by atoms with E-state index in [1.165, 1.54) is 7.05 Å². The first-order chi connectivity index (χ1) is 10.9. The van der Waals surface area contributed by atoms with Gasteiger partial charge in [0.15, 0.2) is 5.65 Å². The Morgan fingerprint density at radius 2 is 1.96 bits per heavy atom. The van der Waals surface area contributed by atoms with Crippen molar-refractivity contribution >= 4 is 44.9 Å². The largest absolute Gasteiger partial charge is 0.361 e. The van der Waals surface area contributed by atoms with Crippen molar-refractivity contribution < 1.29 is 13.2 Å². The van der Waals surface area contributed by atoms with Gasteiger partial charge in [0.25, 0.3) is 5.56 Å². The predicted molar refractivity (Wildman–Crippen MR) is 99.9 cm³/mol. The molecule has 0 spiro atoms. The van der Waals surface area contributed by atoms with Gasteiger partial charge in [0.05, 0.1) is 9.86 Å². The van der Waals surface area contributed by atoms with Gasteiger partial charge in [-0.25, -0.2) is 13.4 Å². The van der Waals surface area contributed by atoms with E-state index in [2.05, 4.69) is 40.6 Å². The van der Waals surface area contributed by atoms with Gasteiger partial charge < -0.3 is 9.30 Å². The Morgan fingerprint density at radius 1 is 1.33 bits per heavy atom. The molecule has 134 valence electrons. The maximum absolute atomic E-state index is 12.5. The fourth-order valence-corrected chi connectivity index (χ4v) is 4.41. The van der Waals surface area contributed by atoms with Crippen molar-refractivity contribution in [2.45, 2.75) is 37.6 Å². The summed E-state index contributed by atoms with van der Waals surface area (Å²) in [5.74, 6) is 0. The smallest absolute Gasteiger partial charge is 0.264 e. The molecule has 2 rings (SSSR count). The Kier molecular flexibility index (Phi) is 5.43. The highest BCUT2D eigenvalue weighted by molar-refractivity contribution is 9.10. The molecule has 0 unspecified atom stereocenters. The van der Waals surface area contributed by atoms with Crippen LogP contribution in [0.3, 0.4) is 0 Å². The Labute approximate surface area is 150 Å². The molecule has 0 aromatic carbocycles. The molecule has 0 aliphatic carbocycles. The number of aromatic nitrogens is 3. The number of nitrogens with zero attached hydrogens (tertiary/aromatic N) is 3. The topological polar surface area (TPSA) is 83.2 Å². The van der Waals surface area contributed by atoms with Crippen molar-refractivity contribution in [3.63, 3.8) is 0 Å². The van der Waals surface area contributed by atoms with E-state index in [9.17, 15) is 13.2 Å². The molecule has 2 aromatic rings. The molecule has 0 N–H and O–H groups in total. The van der Waals surface area contributed by atoms with Gasteiger partial charge >= 0.3 is 0 Å². The summed E-state index contributed by atoms with van der Waals surface area (Å²) in [6.07, 6.45) is 2.73. The molecule has 0 bridgehead atoms. The third-order valence-corrected chi connectivity index (χ3v) is 6.90. The molecule has 10 heteroatoms. The molecule has 0 amide bonds. The van der Waals surface area contributed by atoms with Crippen LogP contribution >= 0.6 is 15.9 Å². The molecule has 0 aliphatic rings. The third kappa shape index (κ3) is 4.16. The van der Waals surface area contributed by atoms with Crippen molar-refractivity contribution in [3.8, 4) is 0 Å². The first-order valence-electron chi connectivity index (χ1n) is 7.45. The monoisotopic (exact) mass is 435 g/mol. The molecule has 0 atom stereocenters. The number of ether oxygens (including phenoxy) is 1. The van der Waals surface area contributed by atoms with Crippen LogP contribution in [0, 0.1) is 0 Å². The predicted octanol–water partition coefficient (Wildman–Crippen LogP) is 2.21. The fourth-order valence-electron chi connectivity index (χ4n) is 2.22. The standard InChI is InChI=1S/C14H22BrN3O4SSi/c1-17-13(19)11-10(15)8-18(9-22-6-7-24(3,4)5)12(11)16-14(17)23(2,20)21/h8H,6-7,9H2,1-5H3. The summed E-state index contributed by atoms with van der Waals surface area (Å²) in [4.78, 5) is 16.7. The molecule has 24 heavy (non-hydrogen) atoms. The van der Waals surface area contributed by atoms with Gasteiger partial charge in [-0.05, 0) is 22.0 Å². The second-order valence-electron chi connectivity index (χ2n) is 7.02. The van der Waals surface area contributed by atoms with E-state index in [0.717, 1.165) is 16.9 Å². The van der Waals surface area contributed by atoms with Gasteiger partial charge in [0, 0.05) is 34.2 Å². The number of hydrogen-bond acceptors (Lipinski definition) is 5. The minimum Gasteiger partial charge on any atom is -0.361 e. The Hall–Kier alpha value is -0.973. The summed E-state index contributed by atoms with van der Waals surface area (Å²) in [6.45, 7) is 7.64. The summed E-state index contributed by atoms with van der Waals surface area (Å²) in [5.41, 5.74) is -0.105. The zero-order chi connectivity index (χ0) is 18.3. The van der Waals surface area contributed by atoms with Gasteiger partial charge in [-0.1, -0.05) is 19.6 Å². The zero-order valence-electron chi connectivity index (χ0n) is 14.5. The lowest BCUT2D eigenvalue weighted by Crippen LogP contribution is -2.25. The van der Waals surface area contributed by atoms with E-state index >= 15 is 0 Å². The molecule has 2 heterocycles. The molecule has 0 aliphatic heterocycles. The van der Waals surface area contributed by atoms with E-state index in [0.29, 0.717) is 22.1 Å². The number of sulfone groups is 1. The van der Waals surface area contributed by atoms with Crippen molar-refractivity contribution in [3.05, 3.63) is 21.0 Å². The van der Waals surface area contributed by atoms with Crippen LogP contribution in [0.1, 0.15) is 0 Å². The lowest BCUT2D eigenvalue weighted by Gasteiger charge is -2.15. The van der Waals surface area contributed by atoms with Crippen LogP contribution in [0.4, 0.5) is 0 Å². The summed E-state index contributed by atoms with van der Waals surface area (Å²) in [5, 5.41) is 0.0904. The minimum atomic E-state index is -3.61. The van der Waals surface area contributed by atoms with Crippen LogP contribution in [-0.2, 0) is 28.4 Å². The summed E-state index contributed by atoms with van der Waals surface area (Å²) >= 11 is 3.35. The Balaban J connectivity index is 2.42. The van der Waals surface area contributed by atoms with E-state index in [1.54, 1.807) is 10.8 Å². The lowest BCUT2D eigenvalue weighted by atomic mass is 10.4. The van der Waals surface area contributed by atoms with E-state index in [-0.39, 0.29) is 11.9 Å². The maximum atomic E-state index is 12.5. The van der Waals surface area contributed by atoms with Crippen LogP contribution in [0.5, 0.6) is 0 Å². The molecule has 0 radical (unpaired) electrons. The van der Waals surface area contributed by atoms with Crippen molar-refractivity contribution in [2.75, 3.05) is 12.9 Å². The van der Waals surface area contributed by atoms with Gasteiger partial charge in [-0.3, -0.25) is 9.36 Å². The van der Waals surface area contributed by atoms with Crippen molar-refractivity contribution in [2.24, 2.45) is 7.05 Å². The normalized spacial score (nSPS) is 12.9. The molecule has 2 aromatic heterocycles. The fraction of sp³-hybridized carbons (Fsp3) is 0.571. The molecule has 0 saturated heterocycles. The average Bonchev–Trinajstić information content (AvgIpc) is 2.73. The summed E-state index contributed by atoms with van der Waals surface area (Å²) in [7, 11) is -3.40. The van der Waals surface area contributed by atoms with Gasteiger partial charge in [-0.2, -0.15) is 0 Å². The second-order valence-corrected chi connectivity index (χ2v) is 15.4.